The molecule has 0 bridgehead atoms. The molecule has 0 atom stereocenters. The highest BCUT2D eigenvalue weighted by Gasteiger charge is 2.25. The Morgan fingerprint density at radius 2 is 1.12 bits per heavy atom. The Morgan fingerprint density at radius 1 is 0.812 bits per heavy atom. The Hall–Kier alpha value is -0.226. The molecule has 16 heavy (non-hydrogen) atoms. The summed E-state index contributed by atoms with van der Waals surface area (Å²) in [5.74, 6) is 0.742. The number of rotatable bonds is 4. The molecule has 0 aliphatic carbocycles. The van der Waals surface area contributed by atoms with Crippen molar-refractivity contribution in [1.82, 2.24) is 0 Å². The van der Waals surface area contributed by atoms with Crippen molar-refractivity contribution in [2.45, 2.75) is 60.1 Å². The lowest BCUT2D eigenvalue weighted by atomic mass is 9.97. The monoisotopic (exact) mass is 260 g/mol. The van der Waals surface area contributed by atoms with E-state index in [1.807, 2.05) is 0 Å². The van der Waals surface area contributed by atoms with Gasteiger partial charge in [-0.2, -0.15) is 0 Å². The van der Waals surface area contributed by atoms with Gasteiger partial charge in [-0.15, -0.1) is 0 Å². The smallest absolute Gasteiger partial charge is 0.247 e. The third-order valence-corrected chi connectivity index (χ3v) is 2.99. The van der Waals surface area contributed by atoms with Gasteiger partial charge in [0.25, 0.3) is 0 Å². The number of allylic oxidation sites excluding steroid dienone is 1. The fourth-order valence-corrected chi connectivity index (χ4v) is 2.53. The first kappa shape index (κ1) is 15.8. The van der Waals surface area contributed by atoms with Crippen LogP contribution in [0.4, 0.5) is 0 Å². The normalized spacial score (nSPS) is 13.3. The van der Waals surface area contributed by atoms with Crippen LogP contribution in [0.3, 0.4) is 0 Å². The fraction of sp³-hybridized carbons (Fsp3) is 0.833. The fourth-order valence-electron chi connectivity index (χ4n) is 1.04. The molecule has 0 aromatic rings. The molecule has 0 N–H and O–H groups in total. The standard InChI is InChI=1S/C12H28O2Si2/c1-12(2,3)10-11(13-15(4,5)6)14-16(7,8)9/h10H,1-9H3. The molecule has 0 saturated carbocycles. The van der Waals surface area contributed by atoms with E-state index in [2.05, 4.69) is 66.1 Å². The molecular weight excluding hydrogens is 232 g/mol. The minimum atomic E-state index is -1.59. The van der Waals surface area contributed by atoms with Crippen LogP contribution in [-0.2, 0) is 8.85 Å². The first-order chi connectivity index (χ1) is 6.79. The zero-order valence-corrected chi connectivity index (χ0v) is 14.4. The second kappa shape index (κ2) is 4.96. The molecule has 0 spiro atoms. The summed E-state index contributed by atoms with van der Waals surface area (Å²) in [6.07, 6.45) is 2.10. The van der Waals surface area contributed by atoms with Crippen molar-refractivity contribution in [3.05, 3.63) is 12.0 Å². The topological polar surface area (TPSA) is 18.5 Å². The summed E-state index contributed by atoms with van der Waals surface area (Å²) in [6.45, 7) is 19.5. The van der Waals surface area contributed by atoms with Gasteiger partial charge < -0.3 is 8.85 Å². The Morgan fingerprint density at radius 3 is 1.31 bits per heavy atom. The molecular formula is C12H28O2Si2. The van der Waals surface area contributed by atoms with Crippen molar-refractivity contribution < 1.29 is 8.85 Å². The van der Waals surface area contributed by atoms with Crippen molar-refractivity contribution >= 4 is 16.6 Å². The molecule has 0 aliphatic heterocycles. The van der Waals surface area contributed by atoms with E-state index in [1.165, 1.54) is 0 Å². The maximum atomic E-state index is 6.00. The molecule has 96 valence electrons. The first-order valence-corrected chi connectivity index (χ1v) is 12.7. The van der Waals surface area contributed by atoms with Gasteiger partial charge in [0.15, 0.2) is 0 Å². The van der Waals surface area contributed by atoms with Crippen LogP contribution in [0.1, 0.15) is 20.8 Å². The van der Waals surface area contributed by atoms with E-state index in [0.717, 1.165) is 5.95 Å². The quantitative estimate of drug-likeness (QED) is 0.544. The van der Waals surface area contributed by atoms with Gasteiger partial charge in [0, 0.05) is 0 Å². The summed E-state index contributed by atoms with van der Waals surface area (Å²) in [5.41, 5.74) is 0.0919. The minimum Gasteiger partial charge on any atom is -0.521 e. The van der Waals surface area contributed by atoms with E-state index in [4.69, 9.17) is 8.85 Å². The Kier molecular flexibility index (Phi) is 4.89. The number of hydrogen-bond donors (Lipinski definition) is 0. The maximum absolute atomic E-state index is 6.00. The zero-order valence-electron chi connectivity index (χ0n) is 12.4. The molecule has 0 rings (SSSR count). The lowest BCUT2D eigenvalue weighted by Gasteiger charge is -2.29. The minimum absolute atomic E-state index is 0.0919. The van der Waals surface area contributed by atoms with Crippen molar-refractivity contribution in [3.8, 4) is 0 Å². The predicted molar refractivity (Wildman–Crippen MR) is 76.4 cm³/mol. The molecule has 0 heterocycles. The molecule has 0 fully saturated rings. The molecule has 0 saturated heterocycles. The van der Waals surface area contributed by atoms with Crippen molar-refractivity contribution in [3.63, 3.8) is 0 Å². The van der Waals surface area contributed by atoms with Crippen molar-refractivity contribution in [1.29, 1.82) is 0 Å². The molecule has 0 radical (unpaired) electrons. The lowest BCUT2D eigenvalue weighted by Crippen LogP contribution is -2.32. The summed E-state index contributed by atoms with van der Waals surface area (Å²) in [6, 6.07) is 0. The van der Waals surface area contributed by atoms with Gasteiger partial charge in [-0.05, 0) is 50.8 Å². The van der Waals surface area contributed by atoms with E-state index in [-0.39, 0.29) is 5.41 Å². The van der Waals surface area contributed by atoms with Gasteiger partial charge >= 0.3 is 0 Å². The third-order valence-electron chi connectivity index (χ3n) is 1.36. The SMILES string of the molecule is CC(C)(C)C=C(O[Si](C)(C)C)O[Si](C)(C)C. The summed E-state index contributed by atoms with van der Waals surface area (Å²) in [4.78, 5) is 0. The van der Waals surface area contributed by atoms with E-state index in [9.17, 15) is 0 Å². The second-order valence-electron chi connectivity index (χ2n) is 7.26. The summed E-state index contributed by atoms with van der Waals surface area (Å²) in [7, 11) is -3.18. The number of hydrogen-bond acceptors (Lipinski definition) is 2. The maximum Gasteiger partial charge on any atom is 0.247 e. The van der Waals surface area contributed by atoms with E-state index >= 15 is 0 Å². The average molecular weight is 261 g/mol. The third kappa shape index (κ3) is 10.3. The van der Waals surface area contributed by atoms with Gasteiger partial charge in [-0.3, -0.25) is 0 Å². The van der Waals surface area contributed by atoms with Crippen LogP contribution in [-0.4, -0.2) is 16.6 Å². The van der Waals surface area contributed by atoms with Crippen LogP contribution < -0.4 is 0 Å². The van der Waals surface area contributed by atoms with Crippen LogP contribution in [0, 0.1) is 5.41 Å². The molecule has 0 aromatic heterocycles. The summed E-state index contributed by atoms with van der Waals surface area (Å²) >= 11 is 0. The largest absolute Gasteiger partial charge is 0.521 e. The molecule has 4 heteroatoms. The van der Waals surface area contributed by atoms with Gasteiger partial charge in [0.1, 0.15) is 0 Å². The van der Waals surface area contributed by atoms with Crippen LogP contribution in [0.2, 0.25) is 39.3 Å². The Labute approximate surface area is 103 Å². The molecule has 2 nitrogen and oxygen atoms in total. The first-order valence-electron chi connectivity index (χ1n) is 5.89. The lowest BCUT2D eigenvalue weighted by molar-refractivity contribution is 0.207. The van der Waals surface area contributed by atoms with Crippen LogP contribution >= 0.6 is 0 Å². The Balaban J connectivity index is 4.87. The van der Waals surface area contributed by atoms with Gasteiger partial charge in [-0.1, -0.05) is 20.8 Å². The molecule has 0 aromatic carbocycles. The van der Waals surface area contributed by atoms with Crippen molar-refractivity contribution in [2.24, 2.45) is 5.41 Å². The van der Waals surface area contributed by atoms with E-state index in [0.29, 0.717) is 0 Å². The summed E-state index contributed by atoms with van der Waals surface area (Å²) in [5, 5.41) is 0. The zero-order chi connectivity index (χ0) is 13.2. The van der Waals surface area contributed by atoms with Crippen LogP contribution in [0.5, 0.6) is 0 Å². The van der Waals surface area contributed by atoms with E-state index in [1.54, 1.807) is 0 Å². The molecule has 0 amide bonds. The van der Waals surface area contributed by atoms with E-state index < -0.39 is 16.6 Å². The summed E-state index contributed by atoms with van der Waals surface area (Å²) < 4.78 is 12.0. The van der Waals surface area contributed by atoms with Crippen molar-refractivity contribution in [2.75, 3.05) is 0 Å². The highest BCUT2D eigenvalue weighted by atomic mass is 28.4. The highest BCUT2D eigenvalue weighted by molar-refractivity contribution is 6.71. The average Bonchev–Trinajstić information content (AvgIpc) is 1.70. The van der Waals surface area contributed by atoms with Gasteiger partial charge in [-0.25, -0.2) is 0 Å². The van der Waals surface area contributed by atoms with Gasteiger partial charge in [0.2, 0.25) is 22.6 Å². The van der Waals surface area contributed by atoms with Crippen LogP contribution in [0.15, 0.2) is 12.0 Å². The van der Waals surface area contributed by atoms with Crippen LogP contribution in [0.25, 0.3) is 0 Å². The highest BCUT2D eigenvalue weighted by Crippen LogP contribution is 2.23. The molecule has 0 unspecified atom stereocenters. The predicted octanol–water partition coefficient (Wildman–Crippen LogP) is 4.58. The van der Waals surface area contributed by atoms with Gasteiger partial charge in [0.05, 0.1) is 0 Å². The second-order valence-corrected chi connectivity index (χ2v) is 16.1. The molecule has 0 aliphatic rings. The Bertz CT molecular complexity index is 234.